The molecule has 1 amide bonds. The zero-order valence-corrected chi connectivity index (χ0v) is 29.7. The monoisotopic (exact) mass is 655 g/mol. The largest absolute Gasteiger partial charge is 0.416 e. The van der Waals surface area contributed by atoms with Crippen LogP contribution in [0, 0.1) is 12.8 Å². The fourth-order valence-electron chi connectivity index (χ4n) is 5.14. The number of piperazine rings is 1. The predicted molar refractivity (Wildman–Crippen MR) is 191 cm³/mol. The lowest BCUT2D eigenvalue weighted by molar-refractivity contribution is -0.138. The zero-order chi connectivity index (χ0) is 35.1. The van der Waals surface area contributed by atoms with Gasteiger partial charge >= 0.3 is 6.18 Å². The molecule has 0 aromatic heterocycles. The number of halogens is 3. The minimum atomic E-state index is -4.49. The Kier molecular flexibility index (Phi) is 16.4. The SMILES string of the molecule is CCCc1ccc(C(=O)Nc2ccc(CN3CCN(C)CC3)c(C(F)(F)F)c2)cc1C.C\C=C(CC(C)CC)/C(N)=N/C=C(\C)CC. The second-order valence-electron chi connectivity index (χ2n) is 12.7. The molecule has 260 valence electrons. The van der Waals surface area contributed by atoms with Crippen LogP contribution in [0.1, 0.15) is 99.8 Å². The molecule has 0 radical (unpaired) electrons. The van der Waals surface area contributed by atoms with Crippen LogP contribution in [0.3, 0.4) is 0 Å². The summed E-state index contributed by atoms with van der Waals surface area (Å²) in [5.41, 5.74) is 10.7. The van der Waals surface area contributed by atoms with Gasteiger partial charge in [-0.05, 0) is 99.5 Å². The van der Waals surface area contributed by atoms with E-state index in [1.54, 1.807) is 18.2 Å². The van der Waals surface area contributed by atoms with Crippen molar-refractivity contribution >= 4 is 17.4 Å². The Hall–Kier alpha value is -3.43. The Morgan fingerprint density at radius 3 is 2.28 bits per heavy atom. The number of allylic oxidation sites excluding steroid dienone is 2. The van der Waals surface area contributed by atoms with Crippen LogP contribution in [0.15, 0.2) is 64.8 Å². The lowest BCUT2D eigenvalue weighted by atomic mass is 9.98. The number of carbonyl (C=O) groups excluding carboxylic acids is 1. The molecule has 1 atom stereocenters. The number of nitrogens with one attached hydrogen (secondary N) is 1. The van der Waals surface area contributed by atoms with Gasteiger partial charge in [0.15, 0.2) is 0 Å². The Morgan fingerprint density at radius 2 is 1.72 bits per heavy atom. The van der Waals surface area contributed by atoms with Gasteiger partial charge in [-0.1, -0.05) is 64.3 Å². The van der Waals surface area contributed by atoms with Crippen molar-refractivity contribution in [2.45, 2.75) is 93.3 Å². The highest BCUT2D eigenvalue weighted by Gasteiger charge is 2.34. The van der Waals surface area contributed by atoms with Crippen molar-refractivity contribution < 1.29 is 18.0 Å². The molecule has 1 aliphatic rings. The van der Waals surface area contributed by atoms with Crippen molar-refractivity contribution in [3.63, 3.8) is 0 Å². The number of amidine groups is 1. The molecule has 6 nitrogen and oxygen atoms in total. The fraction of sp³-hybridized carbons (Fsp3) is 0.526. The molecule has 1 aliphatic heterocycles. The van der Waals surface area contributed by atoms with Gasteiger partial charge < -0.3 is 16.0 Å². The number of rotatable bonds is 12. The van der Waals surface area contributed by atoms with Gasteiger partial charge in [-0.2, -0.15) is 13.2 Å². The Bertz CT molecular complexity index is 1390. The molecular weight excluding hydrogens is 599 g/mol. The van der Waals surface area contributed by atoms with E-state index in [0.29, 0.717) is 17.3 Å². The molecule has 1 saturated heterocycles. The van der Waals surface area contributed by atoms with E-state index in [2.05, 4.69) is 55.9 Å². The number of carbonyl (C=O) groups is 1. The van der Waals surface area contributed by atoms with Crippen LogP contribution >= 0.6 is 0 Å². The molecule has 1 fully saturated rings. The number of aryl methyl sites for hydroxylation is 2. The number of anilines is 1. The smallest absolute Gasteiger partial charge is 0.383 e. The molecule has 1 heterocycles. The van der Waals surface area contributed by atoms with Gasteiger partial charge in [-0.15, -0.1) is 0 Å². The van der Waals surface area contributed by atoms with Crippen molar-refractivity contribution in [1.82, 2.24) is 9.80 Å². The summed E-state index contributed by atoms with van der Waals surface area (Å²) >= 11 is 0. The average Bonchev–Trinajstić information content (AvgIpc) is 3.04. The van der Waals surface area contributed by atoms with Gasteiger partial charge in [-0.3, -0.25) is 9.69 Å². The van der Waals surface area contributed by atoms with Crippen molar-refractivity contribution in [2.75, 3.05) is 38.5 Å². The molecule has 0 bridgehead atoms. The number of nitrogens with two attached hydrogens (primary N) is 1. The van der Waals surface area contributed by atoms with Crippen LogP contribution in [0.2, 0.25) is 0 Å². The first kappa shape index (κ1) is 39.7. The normalized spacial score (nSPS) is 16.0. The number of hydrogen-bond acceptors (Lipinski definition) is 4. The summed E-state index contributed by atoms with van der Waals surface area (Å²) in [6.07, 6.45) is 4.60. The van der Waals surface area contributed by atoms with E-state index < -0.39 is 17.6 Å². The van der Waals surface area contributed by atoms with Gasteiger partial charge in [0, 0.05) is 50.2 Å². The summed E-state index contributed by atoms with van der Waals surface area (Å²) in [4.78, 5) is 21.1. The quantitative estimate of drug-likeness (QED) is 0.177. The van der Waals surface area contributed by atoms with Crippen LogP contribution in [0.5, 0.6) is 0 Å². The zero-order valence-electron chi connectivity index (χ0n) is 29.7. The van der Waals surface area contributed by atoms with Gasteiger partial charge in [-0.25, -0.2) is 4.99 Å². The third-order valence-electron chi connectivity index (χ3n) is 8.71. The maximum absolute atomic E-state index is 13.7. The number of likely N-dealkylation sites (N-methyl/N-ethyl adjacent to an activating group) is 1. The molecule has 0 spiro atoms. The van der Waals surface area contributed by atoms with Crippen molar-refractivity contribution in [3.8, 4) is 0 Å². The van der Waals surface area contributed by atoms with Gasteiger partial charge in [0.25, 0.3) is 5.91 Å². The summed E-state index contributed by atoms with van der Waals surface area (Å²) in [5, 5.41) is 2.63. The summed E-state index contributed by atoms with van der Waals surface area (Å²) in [6, 6.07) is 9.49. The molecular formula is C38H56F3N5O. The van der Waals surface area contributed by atoms with E-state index in [-0.39, 0.29) is 17.8 Å². The highest BCUT2D eigenvalue weighted by molar-refractivity contribution is 6.04. The predicted octanol–water partition coefficient (Wildman–Crippen LogP) is 9.01. The number of aliphatic imine (C=N–C) groups is 1. The van der Waals surface area contributed by atoms with Crippen LogP contribution < -0.4 is 11.1 Å². The number of benzene rings is 2. The highest BCUT2D eigenvalue weighted by Crippen LogP contribution is 2.35. The van der Waals surface area contributed by atoms with E-state index in [4.69, 9.17) is 5.73 Å². The van der Waals surface area contributed by atoms with Gasteiger partial charge in [0.05, 0.1) is 5.56 Å². The lowest BCUT2D eigenvalue weighted by Crippen LogP contribution is -2.44. The number of hydrogen-bond donors (Lipinski definition) is 2. The molecule has 1 unspecified atom stereocenters. The summed E-state index contributed by atoms with van der Waals surface area (Å²) in [6.45, 7) is 18.1. The molecule has 47 heavy (non-hydrogen) atoms. The molecule has 2 aromatic carbocycles. The van der Waals surface area contributed by atoms with E-state index in [1.807, 2.05) is 38.1 Å². The van der Waals surface area contributed by atoms with Crippen molar-refractivity contribution in [1.29, 1.82) is 0 Å². The minimum absolute atomic E-state index is 0.148. The Morgan fingerprint density at radius 1 is 1.06 bits per heavy atom. The van der Waals surface area contributed by atoms with Crippen molar-refractivity contribution in [3.05, 3.63) is 87.6 Å². The first-order valence-electron chi connectivity index (χ1n) is 16.9. The average molecular weight is 656 g/mol. The number of nitrogens with zero attached hydrogens (tertiary/aromatic N) is 3. The van der Waals surface area contributed by atoms with Gasteiger partial charge in [0.2, 0.25) is 0 Å². The van der Waals surface area contributed by atoms with Crippen LogP contribution in [0.25, 0.3) is 0 Å². The fourth-order valence-corrected chi connectivity index (χ4v) is 5.14. The Balaban J connectivity index is 0.000000407. The van der Waals surface area contributed by atoms with Crippen molar-refractivity contribution in [2.24, 2.45) is 16.6 Å². The standard InChI is InChI=1S/C24H30F3N3O.C14H26N2/c1-4-5-18-6-7-19(14-17(18)2)23(31)28-21-9-8-20(22(15-21)24(25,26)27)16-30-12-10-29(3)11-13-30;1-6-11(4)9-13(8-3)14(15)16-10-12(5)7-2/h6-9,14-15H,4-5,10-13,16H2,1-3H3,(H,28,31);8,10-11H,6-7,9H2,1-5H3,(H2,15,16)/b;12-10+,13-8-. The van der Waals surface area contributed by atoms with Crippen LogP contribution in [-0.2, 0) is 19.1 Å². The lowest BCUT2D eigenvalue weighted by Gasteiger charge is -2.33. The third-order valence-corrected chi connectivity index (χ3v) is 8.71. The topological polar surface area (TPSA) is 74.0 Å². The first-order chi connectivity index (χ1) is 22.2. The minimum Gasteiger partial charge on any atom is -0.383 e. The molecule has 2 aromatic rings. The summed E-state index contributed by atoms with van der Waals surface area (Å²) in [7, 11) is 2.01. The Labute approximate surface area is 281 Å². The molecule has 3 rings (SSSR count). The summed E-state index contributed by atoms with van der Waals surface area (Å²) in [5.74, 6) is 0.915. The third kappa shape index (κ3) is 13.3. The van der Waals surface area contributed by atoms with Gasteiger partial charge in [0.1, 0.15) is 5.84 Å². The van der Waals surface area contributed by atoms with Crippen LogP contribution in [-0.4, -0.2) is 54.8 Å². The van der Waals surface area contributed by atoms with Crippen LogP contribution in [0.4, 0.5) is 18.9 Å². The maximum Gasteiger partial charge on any atom is 0.416 e. The highest BCUT2D eigenvalue weighted by atomic mass is 19.4. The molecule has 9 heteroatoms. The number of alkyl halides is 3. The second-order valence-corrected chi connectivity index (χ2v) is 12.7. The van der Waals surface area contributed by atoms with E-state index >= 15 is 0 Å². The first-order valence-corrected chi connectivity index (χ1v) is 16.9. The van der Waals surface area contributed by atoms with E-state index in [9.17, 15) is 18.0 Å². The molecule has 0 aliphatic carbocycles. The van der Waals surface area contributed by atoms with E-state index in [0.717, 1.165) is 69.1 Å². The molecule has 3 N–H and O–H groups in total. The number of amides is 1. The summed E-state index contributed by atoms with van der Waals surface area (Å²) < 4.78 is 41.2. The van der Waals surface area contributed by atoms with E-state index in [1.165, 1.54) is 23.6 Å². The molecule has 0 saturated carbocycles. The second kappa shape index (κ2) is 19.4. The maximum atomic E-state index is 13.7.